The van der Waals surface area contributed by atoms with Crippen molar-refractivity contribution in [3.63, 3.8) is 0 Å². The van der Waals surface area contributed by atoms with Gasteiger partial charge in [-0.3, -0.25) is 9.32 Å². The molecule has 11 nitrogen and oxygen atoms in total. The van der Waals surface area contributed by atoms with Crippen LogP contribution in [0.4, 0.5) is 5.82 Å². The molecule has 4 aromatic rings. The number of esters is 1. The molecule has 2 aromatic heterocycles. The Labute approximate surface area is 265 Å². The fraction of sp³-hybridized carbons (Fsp3) is 0.485. The number of carbonyl (C=O) groups is 1. The number of nitrogen functional groups attached to an aromatic ring is 1. The lowest BCUT2D eigenvalue weighted by molar-refractivity contribution is -0.143. The molecule has 0 aliphatic carbocycles. The first-order valence-corrected chi connectivity index (χ1v) is 17.0. The topological polar surface area (TPSA) is 139 Å². The van der Waals surface area contributed by atoms with E-state index in [9.17, 15) is 9.36 Å². The summed E-state index contributed by atoms with van der Waals surface area (Å²) in [7, 11) is -2.52. The summed E-state index contributed by atoms with van der Waals surface area (Å²) in [5, 5.41) is 8.81. The zero-order valence-electron chi connectivity index (χ0n) is 27.1. The largest absolute Gasteiger partial charge is 0.464 e. The molecule has 4 rings (SSSR count). The van der Waals surface area contributed by atoms with Crippen molar-refractivity contribution < 1.29 is 27.9 Å². The number of rotatable bonds is 16. The van der Waals surface area contributed by atoms with Gasteiger partial charge in [0.05, 0.1) is 19.3 Å². The van der Waals surface area contributed by atoms with Crippen molar-refractivity contribution in [1.29, 1.82) is 0 Å². The highest BCUT2D eigenvalue weighted by Gasteiger charge is 2.31. The van der Waals surface area contributed by atoms with Gasteiger partial charge in [0.1, 0.15) is 24.1 Å². The highest BCUT2D eigenvalue weighted by Crippen LogP contribution is 2.47. The van der Waals surface area contributed by atoms with Crippen molar-refractivity contribution in [2.24, 2.45) is 5.92 Å². The van der Waals surface area contributed by atoms with Crippen LogP contribution in [0.25, 0.3) is 16.3 Å². The summed E-state index contributed by atoms with van der Waals surface area (Å²) < 4.78 is 39.2. The Hall–Kier alpha value is -3.50. The summed E-state index contributed by atoms with van der Waals surface area (Å²) in [6, 6.07) is 15.4. The van der Waals surface area contributed by atoms with Crippen LogP contribution in [0.2, 0.25) is 0 Å². The lowest BCUT2D eigenvalue weighted by Crippen LogP contribution is -2.28. The lowest BCUT2D eigenvalue weighted by atomic mass is 9.83. The van der Waals surface area contributed by atoms with Crippen LogP contribution in [0.1, 0.15) is 65.1 Å². The zero-order chi connectivity index (χ0) is 32.6. The van der Waals surface area contributed by atoms with Crippen LogP contribution in [0.3, 0.4) is 0 Å². The molecule has 0 bridgehead atoms. The molecule has 0 saturated heterocycles. The third-order valence-electron chi connectivity index (χ3n) is 8.01. The van der Waals surface area contributed by atoms with E-state index in [1.165, 1.54) is 6.33 Å². The molecule has 45 heavy (non-hydrogen) atoms. The van der Waals surface area contributed by atoms with Crippen LogP contribution in [0.15, 0.2) is 54.9 Å². The number of fused-ring (bicyclic) bond motifs is 2. The molecule has 2 atom stereocenters. The fourth-order valence-corrected chi connectivity index (χ4v) is 6.45. The molecule has 2 unspecified atom stereocenters. The van der Waals surface area contributed by atoms with E-state index in [0.29, 0.717) is 31.0 Å². The molecule has 0 radical (unpaired) electrons. The number of nitrogens with two attached hydrogens (primary N) is 1. The van der Waals surface area contributed by atoms with Crippen LogP contribution in [-0.4, -0.2) is 53.5 Å². The number of carbonyl (C=O) groups excluding carboxylic acids is 1. The number of ether oxygens (including phenoxy) is 2. The smallest absolute Gasteiger partial charge is 0.459 e. The maximum absolute atomic E-state index is 14.3. The Kier molecular flexibility index (Phi) is 11.6. The SMILES string of the molecule is CCC(CC)COC(=O)CNP(=O)(OCC(CCc1ccc2c(N)ncnn12)OC)Oc1ccc(C(C)(C)C)c2ccccc12. The Balaban J connectivity index is 1.52. The Morgan fingerprint density at radius 2 is 1.78 bits per heavy atom. The van der Waals surface area contributed by atoms with Gasteiger partial charge >= 0.3 is 13.7 Å². The quantitative estimate of drug-likeness (QED) is 0.103. The van der Waals surface area contributed by atoms with E-state index in [4.69, 9.17) is 24.3 Å². The Morgan fingerprint density at radius 3 is 2.47 bits per heavy atom. The Morgan fingerprint density at radius 1 is 1.04 bits per heavy atom. The molecular formula is C33H46N5O6P. The normalized spacial score (nSPS) is 14.1. The molecule has 12 heteroatoms. The van der Waals surface area contributed by atoms with Crippen LogP contribution >= 0.6 is 7.75 Å². The van der Waals surface area contributed by atoms with E-state index in [2.05, 4.69) is 49.8 Å². The van der Waals surface area contributed by atoms with E-state index in [-0.39, 0.29) is 24.5 Å². The second kappa shape index (κ2) is 15.2. The second-order valence-corrected chi connectivity index (χ2v) is 13.9. The molecule has 2 aromatic carbocycles. The minimum atomic E-state index is -4.09. The molecule has 0 aliphatic rings. The van der Waals surface area contributed by atoms with Crippen molar-refractivity contribution in [2.75, 3.05) is 32.6 Å². The third kappa shape index (κ3) is 8.82. The minimum absolute atomic E-state index is 0.0536. The molecular weight excluding hydrogens is 593 g/mol. The van der Waals surface area contributed by atoms with Gasteiger partial charge in [0, 0.05) is 18.2 Å². The summed E-state index contributed by atoms with van der Waals surface area (Å²) >= 11 is 0. The number of nitrogens with one attached hydrogen (secondary N) is 1. The van der Waals surface area contributed by atoms with E-state index in [1.54, 1.807) is 17.7 Å². The number of aryl methyl sites for hydroxylation is 1. The van der Waals surface area contributed by atoms with Gasteiger partial charge in [-0.25, -0.2) is 19.2 Å². The Bertz CT molecular complexity index is 1630. The first-order chi connectivity index (χ1) is 21.5. The molecule has 244 valence electrons. The average molecular weight is 640 g/mol. The second-order valence-electron chi connectivity index (χ2n) is 12.2. The van der Waals surface area contributed by atoms with Crippen LogP contribution in [0, 0.1) is 5.92 Å². The monoisotopic (exact) mass is 639 g/mol. The van der Waals surface area contributed by atoms with Gasteiger partial charge in [-0.1, -0.05) is 77.8 Å². The number of methoxy groups -OCH3 is 1. The fourth-order valence-electron chi connectivity index (χ4n) is 5.14. The maximum Gasteiger partial charge on any atom is 0.459 e. The molecule has 0 fully saturated rings. The summed E-state index contributed by atoms with van der Waals surface area (Å²) in [4.78, 5) is 16.7. The van der Waals surface area contributed by atoms with Crippen LogP contribution < -0.4 is 15.3 Å². The predicted molar refractivity (Wildman–Crippen MR) is 176 cm³/mol. The number of aromatic nitrogens is 3. The molecule has 0 aliphatic heterocycles. The van der Waals surface area contributed by atoms with Gasteiger partial charge in [0.15, 0.2) is 5.82 Å². The summed E-state index contributed by atoms with van der Waals surface area (Å²) in [6.45, 7) is 10.4. The third-order valence-corrected chi connectivity index (χ3v) is 9.48. The maximum atomic E-state index is 14.3. The van der Waals surface area contributed by atoms with Crippen molar-refractivity contribution in [3.8, 4) is 5.75 Å². The van der Waals surface area contributed by atoms with Gasteiger partial charge in [0.2, 0.25) is 0 Å². The number of hydrogen-bond acceptors (Lipinski definition) is 9. The van der Waals surface area contributed by atoms with Gasteiger partial charge in [-0.05, 0) is 53.3 Å². The molecule has 0 saturated carbocycles. The average Bonchev–Trinajstić information content (AvgIpc) is 3.44. The van der Waals surface area contributed by atoms with Gasteiger partial charge in [-0.2, -0.15) is 5.10 Å². The first kappa shape index (κ1) is 34.4. The summed E-state index contributed by atoms with van der Waals surface area (Å²) in [5.41, 5.74) is 8.62. The highest BCUT2D eigenvalue weighted by molar-refractivity contribution is 7.52. The molecule has 0 amide bonds. The molecule has 0 spiro atoms. The van der Waals surface area contributed by atoms with Gasteiger partial charge in [-0.15, -0.1) is 0 Å². The van der Waals surface area contributed by atoms with Crippen LogP contribution in [0.5, 0.6) is 5.75 Å². The predicted octanol–water partition coefficient (Wildman–Crippen LogP) is 6.48. The minimum Gasteiger partial charge on any atom is -0.464 e. The van der Waals surface area contributed by atoms with E-state index >= 15 is 0 Å². The van der Waals surface area contributed by atoms with E-state index in [1.807, 2.05) is 42.5 Å². The summed E-state index contributed by atoms with van der Waals surface area (Å²) in [6.07, 6.45) is 3.90. The number of benzene rings is 2. The number of hydrogen-bond donors (Lipinski definition) is 2. The zero-order valence-corrected chi connectivity index (χ0v) is 28.0. The van der Waals surface area contributed by atoms with Crippen molar-refractivity contribution in [2.45, 2.75) is 71.8 Å². The first-order valence-electron chi connectivity index (χ1n) is 15.4. The lowest BCUT2D eigenvalue weighted by Gasteiger charge is -2.25. The van der Waals surface area contributed by atoms with E-state index in [0.717, 1.165) is 40.4 Å². The molecule has 2 heterocycles. The van der Waals surface area contributed by atoms with Gasteiger partial charge < -0.3 is 19.7 Å². The standard InChI is InChI=1S/C33H46N5O6P/c1-7-23(8-2)20-42-31(39)19-37-45(40,44-30-18-16-28(33(3,4)5)26-11-9-10-12-27(26)30)43-21-25(41-6)15-13-24-14-17-29-32(34)35-22-36-38(24)29/h9-12,14,16-18,22-23,25H,7-8,13,15,19-21H2,1-6H3,(H,37,40)(H2,34,35,36). The van der Waals surface area contributed by atoms with Gasteiger partial charge in [0.25, 0.3) is 0 Å². The summed E-state index contributed by atoms with van der Waals surface area (Å²) in [5.74, 6) is 0.509. The van der Waals surface area contributed by atoms with Crippen LogP contribution in [-0.2, 0) is 35.2 Å². The van der Waals surface area contributed by atoms with Crippen molar-refractivity contribution >= 4 is 35.8 Å². The highest BCUT2D eigenvalue weighted by atomic mass is 31.2. The molecule has 3 N–H and O–H groups in total. The van der Waals surface area contributed by atoms with Crippen molar-refractivity contribution in [1.82, 2.24) is 19.7 Å². The van der Waals surface area contributed by atoms with Crippen molar-refractivity contribution in [3.05, 3.63) is 66.1 Å². The van der Waals surface area contributed by atoms with E-state index < -0.39 is 19.8 Å². The number of nitrogens with zero attached hydrogens (tertiary/aromatic N) is 3. The number of anilines is 1.